The minimum absolute atomic E-state index is 0.0805. The highest BCUT2D eigenvalue weighted by Gasteiger charge is 2.24. The molecule has 3 aromatic rings. The molecule has 4 heteroatoms. The number of rotatable bonds is 7. The summed E-state index contributed by atoms with van der Waals surface area (Å²) < 4.78 is 5.92. The first-order valence-corrected chi connectivity index (χ1v) is 11.6. The second-order valence-electron chi connectivity index (χ2n) is 8.74. The molecule has 0 radical (unpaired) electrons. The molecule has 4 rings (SSSR count). The monoisotopic (exact) mass is 460 g/mol. The second kappa shape index (κ2) is 10.7. The molecule has 0 saturated carbocycles. The molecular formula is C31H28N2O2. The van der Waals surface area contributed by atoms with Gasteiger partial charge in [-0.05, 0) is 67.3 Å². The van der Waals surface area contributed by atoms with Gasteiger partial charge in [-0.2, -0.15) is 5.26 Å². The highest BCUT2D eigenvalue weighted by Crippen LogP contribution is 2.40. The minimum atomic E-state index is -0.406. The van der Waals surface area contributed by atoms with Crippen molar-refractivity contribution in [3.8, 4) is 11.8 Å². The van der Waals surface area contributed by atoms with Crippen molar-refractivity contribution in [3.05, 3.63) is 130 Å². The number of ether oxygens (including phenoxy) is 1. The summed E-state index contributed by atoms with van der Waals surface area (Å²) in [5.74, 6) is 0.513. The van der Waals surface area contributed by atoms with Crippen LogP contribution in [0.2, 0.25) is 0 Å². The maximum atomic E-state index is 12.8. The molecule has 0 bridgehead atoms. The van der Waals surface area contributed by atoms with Gasteiger partial charge in [-0.3, -0.25) is 4.79 Å². The Hall–Kier alpha value is -4.36. The molecule has 174 valence electrons. The summed E-state index contributed by atoms with van der Waals surface area (Å²) in [4.78, 5) is 12.8. The number of nitrogens with one attached hydrogen (secondary N) is 1. The average Bonchev–Trinajstić information content (AvgIpc) is 3.16. The molecule has 0 heterocycles. The van der Waals surface area contributed by atoms with Gasteiger partial charge in [0.2, 0.25) is 0 Å². The third kappa shape index (κ3) is 5.59. The van der Waals surface area contributed by atoms with Crippen LogP contribution in [0.1, 0.15) is 36.5 Å². The van der Waals surface area contributed by atoms with Crippen molar-refractivity contribution in [1.82, 2.24) is 0 Å². The van der Waals surface area contributed by atoms with Crippen LogP contribution in [0, 0.1) is 18.3 Å². The van der Waals surface area contributed by atoms with E-state index >= 15 is 0 Å². The first-order chi connectivity index (χ1) is 17.0. The molecule has 0 unspecified atom stereocenters. The number of anilines is 1. The zero-order valence-electron chi connectivity index (χ0n) is 20.2. The second-order valence-corrected chi connectivity index (χ2v) is 8.74. The third-order valence-corrected chi connectivity index (χ3v) is 6.25. The molecule has 4 nitrogen and oxygen atoms in total. The van der Waals surface area contributed by atoms with E-state index in [-0.39, 0.29) is 11.5 Å². The summed E-state index contributed by atoms with van der Waals surface area (Å²) in [6.45, 7) is 6.58. The predicted molar refractivity (Wildman–Crippen MR) is 140 cm³/mol. The molecule has 3 aromatic carbocycles. The number of para-hydroxylation sites is 1. The molecule has 1 atom stereocenters. The lowest BCUT2D eigenvalue weighted by Gasteiger charge is -2.16. The lowest BCUT2D eigenvalue weighted by molar-refractivity contribution is -0.112. The number of hydrogen-bond donors (Lipinski definition) is 1. The average molecular weight is 461 g/mol. The molecule has 0 saturated heterocycles. The Morgan fingerprint density at radius 3 is 2.34 bits per heavy atom. The molecule has 0 spiro atoms. The van der Waals surface area contributed by atoms with Crippen LogP contribution in [0.5, 0.6) is 5.75 Å². The Balaban J connectivity index is 1.50. The number of carbonyl (C=O) groups excluding carboxylic acids is 1. The normalized spacial score (nSPS) is 15.4. The van der Waals surface area contributed by atoms with Crippen LogP contribution in [-0.4, -0.2) is 5.91 Å². The summed E-state index contributed by atoms with van der Waals surface area (Å²) in [5.41, 5.74) is 7.18. The van der Waals surface area contributed by atoms with E-state index < -0.39 is 5.91 Å². The van der Waals surface area contributed by atoms with Crippen LogP contribution < -0.4 is 10.1 Å². The number of carbonyl (C=O) groups is 1. The molecule has 1 aliphatic rings. The number of hydrogen-bond acceptors (Lipinski definition) is 3. The van der Waals surface area contributed by atoms with Gasteiger partial charge in [0.25, 0.3) is 5.91 Å². The fourth-order valence-corrected chi connectivity index (χ4v) is 4.32. The van der Waals surface area contributed by atoms with Crippen molar-refractivity contribution >= 4 is 11.6 Å². The molecule has 0 fully saturated rings. The molecular weight excluding hydrogens is 432 g/mol. The van der Waals surface area contributed by atoms with E-state index in [0.29, 0.717) is 12.3 Å². The zero-order valence-corrected chi connectivity index (χ0v) is 20.2. The van der Waals surface area contributed by atoms with E-state index in [1.807, 2.05) is 73.7 Å². The quantitative estimate of drug-likeness (QED) is 0.304. The van der Waals surface area contributed by atoms with Crippen LogP contribution in [0.25, 0.3) is 0 Å². The van der Waals surface area contributed by atoms with Gasteiger partial charge < -0.3 is 10.1 Å². The molecule has 0 aliphatic heterocycles. The number of nitriles is 1. The largest absolute Gasteiger partial charge is 0.489 e. The fourth-order valence-electron chi connectivity index (χ4n) is 4.32. The van der Waals surface area contributed by atoms with E-state index in [2.05, 4.69) is 43.4 Å². The fraction of sp³-hybridized carbons (Fsp3) is 0.161. The summed E-state index contributed by atoms with van der Waals surface area (Å²) >= 11 is 0. The third-order valence-electron chi connectivity index (χ3n) is 6.25. The summed E-state index contributed by atoms with van der Waals surface area (Å²) in [6, 6.07) is 27.8. The molecule has 1 N–H and O–H groups in total. The first kappa shape index (κ1) is 23.8. The van der Waals surface area contributed by atoms with Gasteiger partial charge in [-0.25, -0.2) is 0 Å². The van der Waals surface area contributed by atoms with Crippen molar-refractivity contribution in [2.24, 2.45) is 0 Å². The van der Waals surface area contributed by atoms with Crippen molar-refractivity contribution in [2.45, 2.75) is 33.3 Å². The van der Waals surface area contributed by atoms with Gasteiger partial charge in [0.05, 0.1) is 0 Å². The highest BCUT2D eigenvalue weighted by atomic mass is 16.5. The Kier molecular flexibility index (Phi) is 7.28. The summed E-state index contributed by atoms with van der Waals surface area (Å²) in [7, 11) is 0. The maximum absolute atomic E-state index is 12.8. The van der Waals surface area contributed by atoms with Gasteiger partial charge in [-0.15, -0.1) is 0 Å². The van der Waals surface area contributed by atoms with Crippen molar-refractivity contribution in [1.29, 1.82) is 5.26 Å². The Labute approximate surface area is 206 Å². The smallest absolute Gasteiger partial charge is 0.266 e. The minimum Gasteiger partial charge on any atom is -0.489 e. The number of amides is 1. The number of allylic oxidation sites excluding steroid dienone is 5. The highest BCUT2D eigenvalue weighted by molar-refractivity contribution is 6.07. The van der Waals surface area contributed by atoms with E-state index in [9.17, 15) is 10.1 Å². The van der Waals surface area contributed by atoms with Gasteiger partial charge in [-0.1, -0.05) is 77.9 Å². The molecule has 0 aromatic heterocycles. The summed E-state index contributed by atoms with van der Waals surface area (Å²) in [5, 5.41) is 12.5. The van der Waals surface area contributed by atoms with E-state index in [1.54, 1.807) is 6.08 Å². The van der Waals surface area contributed by atoms with Gasteiger partial charge in [0, 0.05) is 11.6 Å². The van der Waals surface area contributed by atoms with Crippen LogP contribution >= 0.6 is 0 Å². The number of nitrogens with zero attached hydrogens (tertiary/aromatic N) is 1. The van der Waals surface area contributed by atoms with Crippen molar-refractivity contribution in [3.63, 3.8) is 0 Å². The zero-order chi connectivity index (χ0) is 24.8. The van der Waals surface area contributed by atoms with Gasteiger partial charge in [0.15, 0.2) is 0 Å². The number of benzene rings is 3. The van der Waals surface area contributed by atoms with E-state index in [4.69, 9.17) is 4.74 Å². The van der Waals surface area contributed by atoms with Crippen LogP contribution in [-0.2, 0) is 11.4 Å². The first-order valence-electron chi connectivity index (χ1n) is 11.6. The van der Waals surface area contributed by atoms with E-state index in [0.717, 1.165) is 33.6 Å². The van der Waals surface area contributed by atoms with Crippen molar-refractivity contribution in [2.75, 3.05) is 5.32 Å². The summed E-state index contributed by atoms with van der Waals surface area (Å²) in [6.07, 6.45) is 3.74. The molecule has 35 heavy (non-hydrogen) atoms. The Morgan fingerprint density at radius 1 is 0.971 bits per heavy atom. The maximum Gasteiger partial charge on any atom is 0.266 e. The lowest BCUT2D eigenvalue weighted by Crippen LogP contribution is -2.14. The topological polar surface area (TPSA) is 62.1 Å². The van der Waals surface area contributed by atoms with Crippen LogP contribution in [0.3, 0.4) is 0 Å². The number of aryl methyl sites for hydroxylation is 1. The molecule has 1 aliphatic carbocycles. The van der Waals surface area contributed by atoms with Crippen LogP contribution in [0.15, 0.2) is 113 Å². The SMILES string of the molecule is CC1=CC(/C=C(/C#N)C(=O)Nc2ccccc2C)=C(C)[C@H]1c1ccc(OCc2ccccc2)cc1. The lowest BCUT2D eigenvalue weighted by atomic mass is 9.89. The van der Waals surface area contributed by atoms with Crippen LogP contribution in [0.4, 0.5) is 5.69 Å². The van der Waals surface area contributed by atoms with E-state index in [1.165, 1.54) is 5.57 Å². The molecule has 1 amide bonds. The Morgan fingerprint density at radius 2 is 1.66 bits per heavy atom. The predicted octanol–water partition coefficient (Wildman–Crippen LogP) is 7.02. The van der Waals surface area contributed by atoms with Crippen molar-refractivity contribution < 1.29 is 9.53 Å². The Bertz CT molecular complexity index is 1360. The van der Waals surface area contributed by atoms with Gasteiger partial charge in [0.1, 0.15) is 24.0 Å². The van der Waals surface area contributed by atoms with Gasteiger partial charge >= 0.3 is 0 Å². The standard InChI is InChI=1S/C31H28N2O2/c1-21-9-7-8-12-29(21)33-31(34)27(19-32)18-26-17-22(2)30(23(26)3)25-13-15-28(16-14-25)35-20-24-10-5-4-6-11-24/h4-18,30H,20H2,1-3H3,(H,33,34)/b27-18-/t30-/m0/s1.